The molecule has 0 saturated heterocycles. The lowest BCUT2D eigenvalue weighted by atomic mass is 10.2. The molecule has 0 unspecified atom stereocenters. The van der Waals surface area contributed by atoms with Gasteiger partial charge in [0.15, 0.2) is 5.82 Å². The molecule has 6 nitrogen and oxygen atoms in total. The maximum Gasteiger partial charge on any atom is 0.277 e. The van der Waals surface area contributed by atoms with Crippen molar-refractivity contribution in [2.75, 3.05) is 5.32 Å². The molecular weight excluding hydrogens is 266 g/mol. The Bertz CT molecular complexity index is 724. The highest BCUT2D eigenvalue weighted by Crippen LogP contribution is 2.07. The summed E-state index contributed by atoms with van der Waals surface area (Å²) in [5.41, 5.74) is 1.41. The number of benzene rings is 1. The van der Waals surface area contributed by atoms with E-state index in [1.807, 2.05) is 36.5 Å². The number of nitrogens with zero attached hydrogens (tertiary/aromatic N) is 4. The van der Waals surface area contributed by atoms with E-state index in [2.05, 4.69) is 20.4 Å². The number of hydrogen-bond acceptors (Lipinski definition) is 4. The normalized spacial score (nSPS) is 10.3. The minimum atomic E-state index is -0.326. The van der Waals surface area contributed by atoms with Crippen LogP contribution < -0.4 is 5.32 Å². The zero-order valence-electron chi connectivity index (χ0n) is 11.2. The van der Waals surface area contributed by atoms with Gasteiger partial charge >= 0.3 is 0 Å². The summed E-state index contributed by atoms with van der Waals surface area (Å²) in [5.74, 6) is 0.162. The molecule has 6 heteroatoms. The summed E-state index contributed by atoms with van der Waals surface area (Å²) in [6.07, 6.45) is 6.23. The summed E-state index contributed by atoms with van der Waals surface area (Å²) in [5, 5.41) is 7.00. The van der Waals surface area contributed by atoms with E-state index in [9.17, 15) is 4.79 Å². The zero-order chi connectivity index (χ0) is 14.5. The second kappa shape index (κ2) is 5.96. The molecule has 0 fully saturated rings. The first-order valence-corrected chi connectivity index (χ1v) is 6.46. The molecule has 21 heavy (non-hydrogen) atoms. The number of aromatic nitrogens is 4. The lowest BCUT2D eigenvalue weighted by Gasteiger charge is -2.02. The van der Waals surface area contributed by atoms with Crippen LogP contribution in [0.25, 0.3) is 0 Å². The fraction of sp³-hybridized carbons (Fsp3) is 0.0667. The highest BCUT2D eigenvalue weighted by Gasteiger charge is 2.09. The molecule has 1 aromatic carbocycles. The number of rotatable bonds is 4. The van der Waals surface area contributed by atoms with Crippen LogP contribution in [-0.2, 0) is 6.54 Å². The van der Waals surface area contributed by atoms with Gasteiger partial charge in [-0.05, 0) is 5.56 Å². The van der Waals surface area contributed by atoms with Gasteiger partial charge in [0.25, 0.3) is 5.91 Å². The molecule has 2 heterocycles. The largest absolute Gasteiger partial charge is 0.304 e. The Kier molecular flexibility index (Phi) is 3.68. The van der Waals surface area contributed by atoms with E-state index in [0.717, 1.165) is 5.56 Å². The molecule has 0 aliphatic carbocycles. The molecule has 104 valence electrons. The van der Waals surface area contributed by atoms with Gasteiger partial charge in [0.1, 0.15) is 5.69 Å². The Morgan fingerprint density at radius 3 is 2.76 bits per heavy atom. The number of hydrogen-bond donors (Lipinski definition) is 1. The van der Waals surface area contributed by atoms with Gasteiger partial charge in [-0.3, -0.25) is 14.5 Å². The predicted octanol–water partition coefficient (Wildman–Crippen LogP) is 1.97. The van der Waals surface area contributed by atoms with Gasteiger partial charge < -0.3 is 5.32 Å². The van der Waals surface area contributed by atoms with Crippen molar-refractivity contribution in [2.45, 2.75) is 6.54 Å². The van der Waals surface area contributed by atoms with Crippen molar-refractivity contribution in [1.29, 1.82) is 0 Å². The van der Waals surface area contributed by atoms with Crippen molar-refractivity contribution in [3.8, 4) is 0 Å². The highest BCUT2D eigenvalue weighted by atomic mass is 16.2. The van der Waals surface area contributed by atoms with Crippen LogP contribution in [0.1, 0.15) is 16.1 Å². The van der Waals surface area contributed by atoms with Crippen LogP contribution in [-0.4, -0.2) is 25.7 Å². The number of nitrogens with one attached hydrogen (secondary N) is 1. The maximum atomic E-state index is 11.9. The third-order valence-electron chi connectivity index (χ3n) is 2.87. The lowest BCUT2D eigenvalue weighted by molar-refractivity contribution is 0.102. The average molecular weight is 279 g/mol. The molecule has 1 amide bonds. The third-order valence-corrected chi connectivity index (χ3v) is 2.87. The topological polar surface area (TPSA) is 72.7 Å². The molecule has 0 saturated carbocycles. The molecular formula is C15H13N5O. The fourth-order valence-electron chi connectivity index (χ4n) is 1.88. The summed E-state index contributed by atoms with van der Waals surface area (Å²) in [4.78, 5) is 19.7. The number of carbonyl (C=O) groups is 1. The van der Waals surface area contributed by atoms with Crippen molar-refractivity contribution in [2.24, 2.45) is 0 Å². The van der Waals surface area contributed by atoms with Crippen LogP contribution in [0.2, 0.25) is 0 Å². The Balaban J connectivity index is 1.67. The maximum absolute atomic E-state index is 11.9. The van der Waals surface area contributed by atoms with Crippen LogP contribution in [0, 0.1) is 0 Å². The van der Waals surface area contributed by atoms with Crippen molar-refractivity contribution in [3.63, 3.8) is 0 Å². The summed E-state index contributed by atoms with van der Waals surface area (Å²) in [6, 6.07) is 11.7. The minimum Gasteiger partial charge on any atom is -0.304 e. The predicted molar refractivity (Wildman–Crippen MR) is 77.8 cm³/mol. The van der Waals surface area contributed by atoms with E-state index in [4.69, 9.17) is 0 Å². The van der Waals surface area contributed by atoms with Crippen molar-refractivity contribution in [1.82, 2.24) is 19.7 Å². The van der Waals surface area contributed by atoms with E-state index in [1.54, 1.807) is 10.7 Å². The second-order valence-corrected chi connectivity index (χ2v) is 4.43. The van der Waals surface area contributed by atoms with E-state index < -0.39 is 0 Å². The number of anilines is 1. The molecule has 1 N–H and O–H groups in total. The van der Waals surface area contributed by atoms with Gasteiger partial charge in [0, 0.05) is 24.7 Å². The monoisotopic (exact) mass is 279 g/mol. The first kappa shape index (κ1) is 13.0. The molecule has 0 radical (unpaired) electrons. The molecule has 0 aliphatic heterocycles. The Morgan fingerprint density at radius 2 is 2.00 bits per heavy atom. The Hall–Kier alpha value is -3.02. The summed E-state index contributed by atoms with van der Waals surface area (Å²) >= 11 is 0. The Morgan fingerprint density at radius 1 is 1.14 bits per heavy atom. The van der Waals surface area contributed by atoms with Crippen molar-refractivity contribution < 1.29 is 4.79 Å². The molecule has 3 rings (SSSR count). The van der Waals surface area contributed by atoms with Crippen molar-refractivity contribution >= 4 is 11.7 Å². The van der Waals surface area contributed by atoms with Crippen LogP contribution in [0.3, 0.4) is 0 Å². The summed E-state index contributed by atoms with van der Waals surface area (Å²) < 4.78 is 1.77. The summed E-state index contributed by atoms with van der Waals surface area (Å²) in [6.45, 7) is 0.655. The molecule has 0 atom stereocenters. The van der Waals surface area contributed by atoms with Gasteiger partial charge in [-0.2, -0.15) is 5.10 Å². The third kappa shape index (κ3) is 3.30. The molecule has 3 aromatic rings. The quantitative estimate of drug-likeness (QED) is 0.792. The minimum absolute atomic E-state index is 0.259. The SMILES string of the molecule is O=C(Nc1ccn(Cc2ccccc2)n1)c1cnccn1. The summed E-state index contributed by atoms with van der Waals surface area (Å²) in [7, 11) is 0. The van der Waals surface area contributed by atoms with Gasteiger partial charge in [-0.1, -0.05) is 30.3 Å². The standard InChI is InChI=1S/C15H13N5O/c21-15(13-10-16-7-8-17-13)18-14-6-9-20(19-14)11-12-4-2-1-3-5-12/h1-10H,11H2,(H,18,19,21). The van der Waals surface area contributed by atoms with E-state index in [1.165, 1.54) is 18.6 Å². The second-order valence-electron chi connectivity index (χ2n) is 4.43. The Labute approximate surface area is 121 Å². The molecule has 0 aliphatic rings. The van der Waals surface area contributed by atoms with Crippen LogP contribution >= 0.6 is 0 Å². The van der Waals surface area contributed by atoms with Crippen LogP contribution in [0.5, 0.6) is 0 Å². The number of amides is 1. The van der Waals surface area contributed by atoms with Gasteiger partial charge in [-0.25, -0.2) is 4.98 Å². The smallest absolute Gasteiger partial charge is 0.277 e. The van der Waals surface area contributed by atoms with Gasteiger partial charge in [-0.15, -0.1) is 0 Å². The average Bonchev–Trinajstić information content (AvgIpc) is 2.96. The molecule has 2 aromatic heterocycles. The van der Waals surface area contributed by atoms with Gasteiger partial charge in [0.05, 0.1) is 12.7 Å². The highest BCUT2D eigenvalue weighted by molar-refractivity contribution is 6.01. The number of carbonyl (C=O) groups excluding carboxylic acids is 1. The van der Waals surface area contributed by atoms with Crippen LogP contribution in [0.4, 0.5) is 5.82 Å². The fourth-order valence-corrected chi connectivity index (χ4v) is 1.88. The van der Waals surface area contributed by atoms with Crippen molar-refractivity contribution in [3.05, 3.63) is 72.4 Å². The van der Waals surface area contributed by atoms with E-state index in [-0.39, 0.29) is 11.6 Å². The molecule has 0 bridgehead atoms. The first-order valence-electron chi connectivity index (χ1n) is 6.46. The van der Waals surface area contributed by atoms with Gasteiger partial charge in [0.2, 0.25) is 0 Å². The van der Waals surface area contributed by atoms with E-state index in [0.29, 0.717) is 12.4 Å². The van der Waals surface area contributed by atoms with E-state index >= 15 is 0 Å². The zero-order valence-corrected chi connectivity index (χ0v) is 11.2. The lowest BCUT2D eigenvalue weighted by Crippen LogP contribution is -2.14. The molecule has 0 spiro atoms. The van der Waals surface area contributed by atoms with Crippen LogP contribution in [0.15, 0.2) is 61.2 Å². The first-order chi connectivity index (χ1) is 10.3.